The van der Waals surface area contributed by atoms with Crippen molar-refractivity contribution in [1.29, 1.82) is 0 Å². The van der Waals surface area contributed by atoms with Crippen molar-refractivity contribution in [1.82, 2.24) is 0 Å². The van der Waals surface area contributed by atoms with E-state index in [0.717, 1.165) is 33.7 Å². The zero-order valence-corrected chi connectivity index (χ0v) is 15.3. The Morgan fingerprint density at radius 1 is 0.760 bits per heavy atom. The molecule has 1 heterocycles. The van der Waals surface area contributed by atoms with Gasteiger partial charge in [-0.3, -0.25) is 0 Å². The van der Waals surface area contributed by atoms with Gasteiger partial charge in [0, 0.05) is 10.9 Å². The molecule has 0 amide bonds. The van der Waals surface area contributed by atoms with Crippen LogP contribution in [0.5, 0.6) is 17.2 Å². The Kier molecular flexibility index (Phi) is 4.10. The van der Waals surface area contributed by atoms with Gasteiger partial charge in [0.1, 0.15) is 17.2 Å². The summed E-state index contributed by atoms with van der Waals surface area (Å²) in [5, 5.41) is 2.22. The number of aryl methyl sites for hydroxylation is 1. The number of methoxy groups -OCH3 is 2. The largest absolute Gasteiger partial charge is 0.496 e. The number of rotatable bonds is 3. The number of para-hydroxylation sites is 1. The van der Waals surface area contributed by atoms with E-state index in [-0.39, 0.29) is 0 Å². The van der Waals surface area contributed by atoms with Crippen molar-refractivity contribution >= 4 is 18.8 Å². The number of hydrogen-bond acceptors (Lipinski definition) is 3. The van der Waals surface area contributed by atoms with E-state index in [4.69, 9.17) is 14.0 Å². The van der Waals surface area contributed by atoms with Gasteiger partial charge in [-0.25, -0.2) is 0 Å². The Morgan fingerprint density at radius 3 is 2.20 bits per heavy atom. The third-order valence-corrected chi connectivity index (χ3v) is 6.40. The van der Waals surface area contributed by atoms with Gasteiger partial charge in [-0.05, 0) is 36.2 Å². The first-order chi connectivity index (χ1) is 12.2. The van der Waals surface area contributed by atoms with Gasteiger partial charge in [-0.2, -0.15) is 0 Å². The maximum atomic E-state index is 6.46. The van der Waals surface area contributed by atoms with Crippen molar-refractivity contribution in [2.24, 2.45) is 0 Å². The fourth-order valence-corrected chi connectivity index (χ4v) is 5.20. The van der Waals surface area contributed by atoms with Crippen molar-refractivity contribution in [3.8, 4) is 28.4 Å². The van der Waals surface area contributed by atoms with E-state index in [1.54, 1.807) is 14.2 Å². The predicted molar refractivity (Wildman–Crippen MR) is 103 cm³/mol. The van der Waals surface area contributed by atoms with Crippen molar-refractivity contribution in [3.05, 3.63) is 66.2 Å². The van der Waals surface area contributed by atoms with Crippen molar-refractivity contribution in [2.45, 2.75) is 6.92 Å². The van der Waals surface area contributed by atoms with E-state index in [9.17, 15) is 0 Å². The van der Waals surface area contributed by atoms with Crippen LogP contribution in [0.2, 0.25) is 0 Å². The second-order valence-corrected chi connectivity index (χ2v) is 7.63. The highest BCUT2D eigenvalue weighted by atomic mass is 31.1. The molecule has 0 saturated heterocycles. The van der Waals surface area contributed by atoms with Gasteiger partial charge in [-0.15, -0.1) is 0 Å². The lowest BCUT2D eigenvalue weighted by molar-refractivity contribution is 0.403. The van der Waals surface area contributed by atoms with Gasteiger partial charge in [-0.1, -0.05) is 42.5 Å². The highest BCUT2D eigenvalue weighted by molar-refractivity contribution is 7.69. The molecule has 25 heavy (non-hydrogen) atoms. The standard InChI is InChI=1S/C21H19O3P/c1-14-12-19(23-3)21(13-18(14)22-2)25-20-11-7-5-9-16(20)15-8-4-6-10-17(15)24-25/h4-13H,1-3H3. The summed E-state index contributed by atoms with van der Waals surface area (Å²) in [7, 11) is 2.35. The summed E-state index contributed by atoms with van der Waals surface area (Å²) in [5.41, 5.74) is 3.40. The molecule has 1 unspecified atom stereocenters. The smallest absolute Gasteiger partial charge is 0.155 e. The minimum absolute atomic E-state index is 0.832. The second-order valence-electron chi connectivity index (χ2n) is 5.89. The number of hydrogen-bond donors (Lipinski definition) is 0. The molecular formula is C21H19O3P. The molecular weight excluding hydrogens is 331 g/mol. The average Bonchev–Trinajstić information content (AvgIpc) is 2.67. The topological polar surface area (TPSA) is 27.7 Å². The van der Waals surface area contributed by atoms with E-state index in [1.807, 2.05) is 37.3 Å². The minimum Gasteiger partial charge on any atom is -0.496 e. The Labute approximate surface area is 149 Å². The molecule has 4 rings (SSSR count). The van der Waals surface area contributed by atoms with Gasteiger partial charge < -0.3 is 14.0 Å². The fraction of sp³-hybridized carbons (Fsp3) is 0.143. The van der Waals surface area contributed by atoms with Crippen LogP contribution in [0.15, 0.2) is 60.7 Å². The van der Waals surface area contributed by atoms with Crippen LogP contribution in [0.1, 0.15) is 5.56 Å². The number of fused-ring (bicyclic) bond motifs is 3. The first-order valence-corrected chi connectivity index (χ1v) is 9.38. The van der Waals surface area contributed by atoms with E-state index < -0.39 is 8.15 Å². The van der Waals surface area contributed by atoms with Crippen molar-refractivity contribution < 1.29 is 14.0 Å². The van der Waals surface area contributed by atoms with Crippen LogP contribution in [0.25, 0.3) is 11.1 Å². The molecule has 0 fully saturated rings. The third-order valence-electron chi connectivity index (χ3n) is 4.40. The lowest BCUT2D eigenvalue weighted by Gasteiger charge is -2.29. The summed E-state index contributed by atoms with van der Waals surface area (Å²) in [6.45, 7) is 2.02. The monoisotopic (exact) mass is 350 g/mol. The van der Waals surface area contributed by atoms with Crippen LogP contribution in [0.4, 0.5) is 0 Å². The molecule has 0 aliphatic carbocycles. The summed E-state index contributed by atoms with van der Waals surface area (Å²) in [6.07, 6.45) is 0. The molecule has 1 atom stereocenters. The zero-order valence-electron chi connectivity index (χ0n) is 14.4. The molecule has 0 N–H and O–H groups in total. The third kappa shape index (κ3) is 2.65. The molecule has 126 valence electrons. The lowest BCUT2D eigenvalue weighted by Crippen LogP contribution is -2.22. The number of ether oxygens (including phenoxy) is 2. The Morgan fingerprint density at radius 2 is 1.44 bits per heavy atom. The molecule has 0 saturated carbocycles. The van der Waals surface area contributed by atoms with Gasteiger partial charge in [0.25, 0.3) is 0 Å². The molecule has 3 aromatic carbocycles. The van der Waals surface area contributed by atoms with Crippen LogP contribution < -0.4 is 24.6 Å². The minimum atomic E-state index is -1.04. The Balaban J connectivity index is 1.93. The maximum Gasteiger partial charge on any atom is 0.155 e. The van der Waals surface area contributed by atoms with Gasteiger partial charge >= 0.3 is 0 Å². The predicted octanol–water partition coefficient (Wildman–Crippen LogP) is 4.42. The van der Waals surface area contributed by atoms with Crippen LogP contribution in [0, 0.1) is 6.92 Å². The summed E-state index contributed by atoms with van der Waals surface area (Å²) < 4.78 is 17.7. The second kappa shape index (κ2) is 6.42. The van der Waals surface area contributed by atoms with Crippen molar-refractivity contribution in [2.75, 3.05) is 14.2 Å². The van der Waals surface area contributed by atoms with E-state index in [1.165, 1.54) is 10.9 Å². The zero-order chi connectivity index (χ0) is 17.4. The van der Waals surface area contributed by atoms with E-state index >= 15 is 0 Å². The molecule has 4 heteroatoms. The summed E-state index contributed by atoms with van der Waals surface area (Å²) in [4.78, 5) is 0. The van der Waals surface area contributed by atoms with Crippen LogP contribution in [-0.2, 0) is 0 Å². The SMILES string of the molecule is COc1cc(P2Oc3ccccc3-c3ccccc32)c(OC)cc1C. The van der Waals surface area contributed by atoms with Crippen LogP contribution in [0.3, 0.4) is 0 Å². The van der Waals surface area contributed by atoms with Crippen LogP contribution in [-0.4, -0.2) is 14.2 Å². The first kappa shape index (κ1) is 16.0. The average molecular weight is 350 g/mol. The van der Waals surface area contributed by atoms with E-state index in [2.05, 4.69) is 30.3 Å². The molecule has 0 radical (unpaired) electrons. The maximum absolute atomic E-state index is 6.46. The summed E-state index contributed by atoms with van der Waals surface area (Å²) in [6, 6.07) is 20.7. The molecule has 1 aliphatic heterocycles. The Hall–Kier alpha value is -2.51. The summed E-state index contributed by atoms with van der Waals surface area (Å²) in [5.74, 6) is 2.59. The van der Waals surface area contributed by atoms with Gasteiger partial charge in [0.2, 0.25) is 0 Å². The molecule has 0 aromatic heterocycles. The normalized spacial score (nSPS) is 14.9. The fourth-order valence-electron chi connectivity index (χ4n) is 3.17. The lowest BCUT2D eigenvalue weighted by atomic mass is 10.0. The first-order valence-electron chi connectivity index (χ1n) is 8.12. The van der Waals surface area contributed by atoms with Gasteiger partial charge in [0.15, 0.2) is 8.15 Å². The van der Waals surface area contributed by atoms with Gasteiger partial charge in [0.05, 0.1) is 19.5 Å². The highest BCUT2D eigenvalue weighted by Crippen LogP contribution is 2.49. The Bertz CT molecular complexity index is 936. The molecule has 0 bridgehead atoms. The molecule has 3 nitrogen and oxygen atoms in total. The molecule has 3 aromatic rings. The van der Waals surface area contributed by atoms with Crippen molar-refractivity contribution in [3.63, 3.8) is 0 Å². The molecule has 0 spiro atoms. The number of benzene rings is 3. The highest BCUT2D eigenvalue weighted by Gasteiger charge is 2.30. The molecule has 1 aliphatic rings. The van der Waals surface area contributed by atoms with Crippen LogP contribution >= 0.6 is 8.15 Å². The summed E-state index contributed by atoms with van der Waals surface area (Å²) >= 11 is 0. The van der Waals surface area contributed by atoms with E-state index in [0.29, 0.717) is 0 Å². The quantitative estimate of drug-likeness (QED) is 0.655.